The minimum absolute atomic E-state index is 0. The van der Waals surface area contributed by atoms with E-state index in [0.717, 1.165) is 11.1 Å². The number of ether oxygens (including phenoxy) is 3. The number of piperidine rings is 1. The lowest BCUT2D eigenvalue weighted by Crippen LogP contribution is -2.54. The summed E-state index contributed by atoms with van der Waals surface area (Å²) < 4.78 is 16.0. The molecule has 0 unspecified atom stereocenters. The average Bonchev–Trinajstić information content (AvgIpc) is 3.20. The molecule has 0 aromatic heterocycles. The predicted molar refractivity (Wildman–Crippen MR) is 210 cm³/mol. The second kappa shape index (κ2) is 20.0. The minimum Gasteiger partial charge on any atom is -0.496 e. The minimum atomic E-state index is -1.21. The quantitative estimate of drug-likeness (QED) is 0.192. The number of carbonyl (C=O) groups excluding carboxylic acids is 5. The Bertz CT molecular complexity index is 1750. The van der Waals surface area contributed by atoms with Crippen molar-refractivity contribution < 1.29 is 38.2 Å². The Morgan fingerprint density at radius 1 is 0.833 bits per heavy atom. The van der Waals surface area contributed by atoms with Gasteiger partial charge in [0.15, 0.2) is 0 Å². The van der Waals surface area contributed by atoms with Crippen LogP contribution in [0.3, 0.4) is 0 Å². The van der Waals surface area contributed by atoms with Gasteiger partial charge in [0.1, 0.15) is 11.8 Å². The first-order valence-electron chi connectivity index (χ1n) is 18.7. The van der Waals surface area contributed by atoms with Crippen LogP contribution in [-0.4, -0.2) is 80.1 Å². The largest absolute Gasteiger partial charge is 0.496 e. The van der Waals surface area contributed by atoms with Gasteiger partial charge in [-0.2, -0.15) is 13.5 Å². The summed E-state index contributed by atoms with van der Waals surface area (Å²) in [6.45, 7) is 5.22. The van der Waals surface area contributed by atoms with Gasteiger partial charge in [0.25, 0.3) is 5.91 Å². The Morgan fingerprint density at radius 2 is 1.48 bits per heavy atom. The summed E-state index contributed by atoms with van der Waals surface area (Å²) in [6, 6.07) is 22.9. The number of nitrogens with zero attached hydrogens (tertiary/aromatic N) is 1. The molecule has 0 spiro atoms. The number of benzene rings is 3. The molecule has 1 aliphatic carbocycles. The first kappa shape index (κ1) is 41.9. The number of hydrogen-bond acceptors (Lipinski definition) is 8. The Balaban J connectivity index is 0.00000650. The molecule has 54 heavy (non-hydrogen) atoms. The van der Waals surface area contributed by atoms with Crippen molar-refractivity contribution in [2.24, 2.45) is 0 Å². The van der Waals surface area contributed by atoms with Gasteiger partial charge in [-0.25, -0.2) is 4.79 Å². The smallest absolute Gasteiger partial charge is 0.328 e. The fourth-order valence-corrected chi connectivity index (χ4v) is 7.43. The number of nitrogens with one attached hydrogen (secondary N) is 2. The first-order chi connectivity index (χ1) is 25.7. The first-order valence-corrected chi connectivity index (χ1v) is 18.7. The van der Waals surface area contributed by atoms with Crippen molar-refractivity contribution in [1.82, 2.24) is 15.5 Å². The van der Waals surface area contributed by atoms with E-state index in [-0.39, 0.29) is 57.4 Å². The third-order valence-corrected chi connectivity index (χ3v) is 10.2. The van der Waals surface area contributed by atoms with Crippen LogP contribution in [0.25, 0.3) is 0 Å². The van der Waals surface area contributed by atoms with Crippen molar-refractivity contribution in [3.63, 3.8) is 0 Å². The topological polar surface area (TPSA) is 140 Å². The number of likely N-dealkylation sites (tertiary alicyclic amines) is 1. The number of carbonyl (C=O) groups is 5. The van der Waals surface area contributed by atoms with Gasteiger partial charge >= 0.3 is 11.9 Å². The summed E-state index contributed by atoms with van der Waals surface area (Å²) in [5.41, 5.74) is 1.47. The third kappa shape index (κ3) is 9.63. The standard InChI is InChI=1S/C42H51N3O8.H2S/c1-4-27-52-37(46)20-19-35(40(49)53-28-5-2)44-41(50)42(29-13-7-6-8-14-29)24-21-32(31-15-9-11-17-34(31)42)39(48)45-25-22-30(23-26-45)43-38(47)33-16-10-12-18-36(33)51-3;/h6-18,30,32,35H,4-5,19-28H2,1-3H3,(H,43,47)(H,44,50);1H2/t32-,35-,42+;/m0./s1. The molecule has 2 N–H and O–H groups in total. The van der Waals surface area contributed by atoms with E-state index in [1.165, 1.54) is 7.11 Å². The number of rotatable bonds is 15. The van der Waals surface area contributed by atoms with Gasteiger partial charge in [-0.05, 0) is 73.8 Å². The molecular formula is C42H53N3O8S. The number of esters is 2. The maximum absolute atomic E-state index is 14.8. The zero-order chi connectivity index (χ0) is 37.8. The Labute approximate surface area is 324 Å². The van der Waals surface area contributed by atoms with Crippen molar-refractivity contribution in [1.29, 1.82) is 0 Å². The Hall–Kier alpha value is -4.84. The van der Waals surface area contributed by atoms with Crippen LogP contribution in [0.2, 0.25) is 0 Å². The van der Waals surface area contributed by atoms with Crippen molar-refractivity contribution >= 4 is 43.2 Å². The highest BCUT2D eigenvalue weighted by Crippen LogP contribution is 2.48. The van der Waals surface area contributed by atoms with E-state index >= 15 is 0 Å². The number of para-hydroxylation sites is 1. The zero-order valence-electron chi connectivity index (χ0n) is 31.4. The third-order valence-electron chi connectivity index (χ3n) is 10.2. The van der Waals surface area contributed by atoms with Crippen LogP contribution in [0.1, 0.15) is 98.2 Å². The lowest BCUT2D eigenvalue weighted by atomic mass is 9.62. The molecule has 3 aromatic rings. The molecule has 12 heteroatoms. The van der Waals surface area contributed by atoms with Crippen LogP contribution >= 0.6 is 13.5 Å². The van der Waals surface area contributed by atoms with Crippen LogP contribution in [0, 0.1) is 0 Å². The molecular weight excluding hydrogens is 707 g/mol. The summed E-state index contributed by atoms with van der Waals surface area (Å²) in [5.74, 6) is -1.64. The maximum atomic E-state index is 14.8. The fraction of sp³-hybridized carbons (Fsp3) is 0.452. The molecule has 1 heterocycles. The molecule has 2 aliphatic rings. The predicted octanol–water partition coefficient (Wildman–Crippen LogP) is 5.56. The SMILES string of the molecule is CCCOC(=O)CC[C@H](NC(=O)[C@@]1(c2ccccc2)CC[C@H](C(=O)N2CCC(NC(=O)c3ccccc3OC)CC2)c2ccccc21)C(=O)OCCC.S. The lowest BCUT2D eigenvalue weighted by molar-refractivity contribution is -0.149. The molecule has 0 bridgehead atoms. The van der Waals surface area contributed by atoms with Crippen LogP contribution < -0.4 is 15.4 Å². The Kier molecular flexibility index (Phi) is 15.5. The molecule has 5 rings (SSSR count). The fourth-order valence-electron chi connectivity index (χ4n) is 7.43. The summed E-state index contributed by atoms with van der Waals surface area (Å²) in [6.07, 6.45) is 3.19. The second-order valence-electron chi connectivity index (χ2n) is 13.7. The van der Waals surface area contributed by atoms with Crippen molar-refractivity contribution in [2.45, 2.75) is 88.6 Å². The molecule has 3 atom stereocenters. The molecule has 3 aromatic carbocycles. The summed E-state index contributed by atoms with van der Waals surface area (Å²) in [5, 5.41) is 6.08. The van der Waals surface area contributed by atoms with E-state index in [1.807, 2.05) is 79.4 Å². The van der Waals surface area contributed by atoms with Gasteiger partial charge in [0.05, 0.1) is 37.2 Å². The van der Waals surface area contributed by atoms with Gasteiger partial charge in [-0.15, -0.1) is 0 Å². The van der Waals surface area contributed by atoms with Crippen LogP contribution in [-0.2, 0) is 34.1 Å². The maximum Gasteiger partial charge on any atom is 0.328 e. The van der Waals surface area contributed by atoms with E-state index < -0.39 is 35.2 Å². The van der Waals surface area contributed by atoms with E-state index in [1.54, 1.807) is 18.2 Å². The Morgan fingerprint density at radius 3 is 2.19 bits per heavy atom. The van der Waals surface area contributed by atoms with Crippen molar-refractivity contribution in [2.75, 3.05) is 33.4 Å². The monoisotopic (exact) mass is 759 g/mol. The van der Waals surface area contributed by atoms with Crippen molar-refractivity contribution in [3.8, 4) is 5.75 Å². The van der Waals surface area contributed by atoms with Crippen LogP contribution in [0.15, 0.2) is 78.9 Å². The van der Waals surface area contributed by atoms with Crippen molar-refractivity contribution in [3.05, 3.63) is 101 Å². The molecule has 290 valence electrons. The summed E-state index contributed by atoms with van der Waals surface area (Å²) >= 11 is 0. The number of fused-ring (bicyclic) bond motifs is 1. The second-order valence-corrected chi connectivity index (χ2v) is 13.7. The normalized spacial score (nSPS) is 18.6. The van der Waals surface area contributed by atoms with Gasteiger partial charge in [0.2, 0.25) is 11.8 Å². The van der Waals surface area contributed by atoms with Gasteiger partial charge in [0, 0.05) is 25.6 Å². The van der Waals surface area contributed by atoms with E-state index in [0.29, 0.717) is 68.5 Å². The number of methoxy groups -OCH3 is 1. The zero-order valence-corrected chi connectivity index (χ0v) is 32.4. The molecule has 1 aliphatic heterocycles. The summed E-state index contributed by atoms with van der Waals surface area (Å²) in [4.78, 5) is 69.6. The van der Waals surface area contributed by atoms with E-state index in [4.69, 9.17) is 14.2 Å². The average molecular weight is 760 g/mol. The molecule has 0 radical (unpaired) electrons. The van der Waals surface area contributed by atoms with Gasteiger partial charge in [-0.1, -0.05) is 80.6 Å². The highest BCUT2D eigenvalue weighted by Gasteiger charge is 2.49. The highest BCUT2D eigenvalue weighted by atomic mass is 32.1. The summed E-state index contributed by atoms with van der Waals surface area (Å²) in [7, 11) is 1.53. The molecule has 0 saturated carbocycles. The van der Waals surface area contributed by atoms with Gasteiger partial charge < -0.3 is 29.7 Å². The molecule has 11 nitrogen and oxygen atoms in total. The van der Waals surface area contributed by atoms with Crippen LogP contribution in [0.4, 0.5) is 0 Å². The molecule has 1 saturated heterocycles. The van der Waals surface area contributed by atoms with E-state index in [2.05, 4.69) is 10.6 Å². The highest BCUT2D eigenvalue weighted by molar-refractivity contribution is 7.59. The number of amides is 3. The molecule has 3 amide bonds. The molecule has 1 fully saturated rings. The van der Waals surface area contributed by atoms with E-state index in [9.17, 15) is 24.0 Å². The lowest BCUT2D eigenvalue weighted by Gasteiger charge is -2.43. The van der Waals surface area contributed by atoms with Gasteiger partial charge in [-0.3, -0.25) is 19.2 Å². The number of hydrogen-bond donors (Lipinski definition) is 2. The van der Waals surface area contributed by atoms with Crippen LogP contribution in [0.5, 0.6) is 5.75 Å².